The molecule has 0 spiro atoms. The van der Waals surface area contributed by atoms with Crippen molar-refractivity contribution in [2.24, 2.45) is 0 Å². The Labute approximate surface area is 486 Å². The van der Waals surface area contributed by atoms with E-state index in [0.717, 1.165) is 90.8 Å². The number of ether oxygens (including phenoxy) is 4. The zero-order valence-electron chi connectivity index (χ0n) is 44.6. The second-order valence-electron chi connectivity index (χ2n) is 17.7. The van der Waals surface area contributed by atoms with Crippen LogP contribution in [0.1, 0.15) is 5.82 Å². The Morgan fingerprint density at radius 3 is 1.24 bits per heavy atom. The van der Waals surface area contributed by atoms with Gasteiger partial charge in [-0.1, -0.05) is 140 Å². The van der Waals surface area contributed by atoms with E-state index in [9.17, 15) is 13.2 Å². The smallest absolute Gasteiger partial charge is 0.429 e. The van der Waals surface area contributed by atoms with Crippen LogP contribution in [0.2, 0.25) is 0 Å². The number of benzene rings is 8. The number of nitrogens with zero attached hydrogens (tertiary/aromatic N) is 8. The Morgan fingerprint density at radius 1 is 0.463 bits per heavy atom. The van der Waals surface area contributed by atoms with E-state index in [1.165, 1.54) is 12.3 Å². The van der Waals surface area contributed by atoms with Crippen LogP contribution in [0.3, 0.4) is 0 Å². The van der Waals surface area contributed by atoms with Gasteiger partial charge in [-0.05, 0) is 88.0 Å². The maximum Gasteiger partial charge on any atom is 0.429 e. The van der Waals surface area contributed by atoms with Crippen molar-refractivity contribution in [3.63, 3.8) is 0 Å². The molecule has 0 saturated carbocycles. The fourth-order valence-electron chi connectivity index (χ4n) is 8.84. The average Bonchev–Trinajstić information content (AvgIpc) is 4.48. The van der Waals surface area contributed by atoms with Crippen LogP contribution < -0.4 is 33.2 Å². The number of alkyl halides is 3. The van der Waals surface area contributed by atoms with Gasteiger partial charge in [0, 0.05) is 37.8 Å². The largest absolute Gasteiger partial charge is 0.523 e. The second kappa shape index (κ2) is 26.4. The summed E-state index contributed by atoms with van der Waals surface area (Å²) in [5.74, 6) is 1.73. The van der Waals surface area contributed by atoms with E-state index < -0.39 is 12.0 Å². The fourth-order valence-corrected chi connectivity index (χ4v) is 8.84. The van der Waals surface area contributed by atoms with Crippen molar-refractivity contribution in [1.29, 1.82) is 0 Å². The number of methoxy groups -OCH3 is 4. The van der Waals surface area contributed by atoms with E-state index in [1.807, 2.05) is 130 Å². The second-order valence-corrected chi connectivity index (χ2v) is 17.7. The van der Waals surface area contributed by atoms with Crippen molar-refractivity contribution < 1.29 is 61.4 Å². The topological polar surface area (TPSA) is 107 Å². The summed E-state index contributed by atoms with van der Waals surface area (Å²) in [5, 5.41) is 6.25. The van der Waals surface area contributed by atoms with Gasteiger partial charge < -0.3 is 38.2 Å². The first-order chi connectivity index (χ1) is 39.6. The zero-order valence-corrected chi connectivity index (χ0v) is 47.0. The van der Waals surface area contributed by atoms with Gasteiger partial charge in [0.1, 0.15) is 17.3 Å². The van der Waals surface area contributed by atoms with E-state index in [0.29, 0.717) is 0 Å². The summed E-state index contributed by atoms with van der Waals surface area (Å²) in [4.78, 5) is 7.05. The molecule has 0 unspecified atom stereocenters. The van der Waals surface area contributed by atoms with Crippen molar-refractivity contribution in [3.8, 4) is 102 Å². The van der Waals surface area contributed by atoms with Crippen molar-refractivity contribution >= 4 is 0 Å². The summed E-state index contributed by atoms with van der Waals surface area (Å²) in [6, 6.07) is 80.3. The number of imidazole rings is 2. The molecule has 4 heterocycles. The van der Waals surface area contributed by atoms with Gasteiger partial charge in [-0.2, -0.15) is 37.4 Å². The predicted molar refractivity (Wildman–Crippen MR) is 301 cm³/mol. The Balaban J connectivity index is 0.000000157. The molecule has 411 valence electrons. The molecule has 0 aliphatic rings. The number of pyridine rings is 1. The SMILES string of the molecule is COc1cc[c-]c(-n2[c-][n+](-c3cccc(OC)c3)c(-c3ccccc3)c2-c2ccccc2)c1.COc1cc[c-]c(-n2[c-][n+](-c3cccc(OC)c3)c(-c3ccccc3)c2-c2ccccc2)c1.FC(F)(F)c1n[n-]c(-c2ccccn2)n1.[Ir]. The minimum Gasteiger partial charge on any atom is -0.523 e. The maximum atomic E-state index is 12.1. The molecule has 12 rings (SSSR count). The molecule has 1 radical (unpaired) electrons. The Hall–Kier alpha value is -9.89. The van der Waals surface area contributed by atoms with E-state index in [-0.39, 0.29) is 31.6 Å². The third-order valence-electron chi connectivity index (χ3n) is 12.6. The summed E-state index contributed by atoms with van der Waals surface area (Å²) >= 11 is 0. The van der Waals surface area contributed by atoms with Crippen LogP contribution in [0.15, 0.2) is 231 Å². The molecule has 12 nitrogen and oxygen atoms in total. The normalized spacial score (nSPS) is 10.8. The van der Waals surface area contributed by atoms with Crippen molar-refractivity contribution in [2.75, 3.05) is 28.4 Å². The molecule has 0 saturated heterocycles. The maximum absolute atomic E-state index is 12.1. The van der Waals surface area contributed by atoms with Gasteiger partial charge in [0.05, 0.1) is 68.3 Å². The number of hydrogen-bond acceptors (Lipinski definition) is 7. The first kappa shape index (κ1) is 56.8. The van der Waals surface area contributed by atoms with Gasteiger partial charge in [0.25, 0.3) is 12.7 Å². The molecule has 8 aromatic carbocycles. The summed E-state index contributed by atoms with van der Waals surface area (Å²) in [6.45, 7) is 0. The first-order valence-electron chi connectivity index (χ1n) is 25.3. The number of hydrogen-bond donors (Lipinski definition) is 0. The van der Waals surface area contributed by atoms with Gasteiger partial charge in [0.15, 0.2) is 0 Å². The van der Waals surface area contributed by atoms with E-state index in [2.05, 4.69) is 139 Å². The van der Waals surface area contributed by atoms with Crippen LogP contribution in [0, 0.1) is 24.8 Å². The van der Waals surface area contributed by atoms with Crippen LogP contribution in [0.5, 0.6) is 23.0 Å². The van der Waals surface area contributed by atoms with Crippen LogP contribution in [0.25, 0.3) is 79.3 Å². The summed E-state index contributed by atoms with van der Waals surface area (Å²) in [5.41, 5.74) is 12.2. The van der Waals surface area contributed by atoms with Crippen LogP contribution in [-0.2, 0) is 26.3 Å². The van der Waals surface area contributed by atoms with Gasteiger partial charge in [-0.15, -0.1) is 24.3 Å². The standard InChI is InChI=1S/2C29H23N2O2.C8H4F3N4.Ir/c2*1-32-26-17-9-15-24(19-26)30-21-31(25-16-10-18-27(20-25)33-2)29(23-13-7-4-8-14-23)28(30)22-11-5-3-6-12-22;9-8(10,11)7-13-6(14-15-7)5-3-1-2-4-12-5;/h2*3-15,17-20H,1-2H3;1-4H;/q3*-1;. The van der Waals surface area contributed by atoms with E-state index >= 15 is 0 Å². The fraction of sp³-hybridized carbons (Fsp3) is 0.0758. The molecule has 0 N–H and O–H groups in total. The van der Waals surface area contributed by atoms with E-state index in [1.54, 1.807) is 40.6 Å². The van der Waals surface area contributed by atoms with Crippen LogP contribution >= 0.6 is 0 Å². The molecule has 16 heteroatoms. The zero-order chi connectivity index (χ0) is 56.1. The Morgan fingerprint density at radius 2 is 0.866 bits per heavy atom. The number of rotatable bonds is 13. The number of halogens is 3. The third kappa shape index (κ3) is 12.9. The molecule has 0 amide bonds. The summed E-state index contributed by atoms with van der Waals surface area (Å²) in [6.07, 6.45) is 4.02. The molecule has 82 heavy (non-hydrogen) atoms. The molecule has 12 aromatic rings. The number of aromatic nitrogens is 8. The molecular formula is C66H50F3IrN8O4-3. The molecular weight excluding hydrogens is 1220 g/mol. The van der Waals surface area contributed by atoms with E-state index in [4.69, 9.17) is 18.9 Å². The Kier molecular flexibility index (Phi) is 18.3. The molecule has 0 aliphatic carbocycles. The molecule has 0 atom stereocenters. The summed E-state index contributed by atoms with van der Waals surface area (Å²) < 4.78 is 66.6. The minimum atomic E-state index is -4.57. The van der Waals surface area contributed by atoms with Gasteiger partial charge >= 0.3 is 6.18 Å². The first-order valence-corrected chi connectivity index (χ1v) is 25.3. The van der Waals surface area contributed by atoms with Crippen molar-refractivity contribution in [2.45, 2.75) is 6.18 Å². The molecule has 4 aromatic heterocycles. The molecule has 0 bridgehead atoms. The van der Waals surface area contributed by atoms with Crippen molar-refractivity contribution in [3.05, 3.63) is 261 Å². The monoisotopic (exact) mass is 1270 g/mol. The quantitative estimate of drug-likeness (QED) is 0.0830. The van der Waals surface area contributed by atoms with Crippen LogP contribution in [-0.4, -0.2) is 52.6 Å². The van der Waals surface area contributed by atoms with Gasteiger partial charge in [-0.3, -0.25) is 19.2 Å². The molecule has 0 fully saturated rings. The average molecular weight is 1270 g/mol. The predicted octanol–water partition coefficient (Wildman–Crippen LogP) is 12.9. The van der Waals surface area contributed by atoms with Crippen LogP contribution in [0.4, 0.5) is 13.2 Å². The molecule has 0 aliphatic heterocycles. The van der Waals surface area contributed by atoms with Gasteiger partial charge in [0.2, 0.25) is 0 Å². The minimum absolute atomic E-state index is 0. The Bertz CT molecular complexity index is 3570. The van der Waals surface area contributed by atoms with Crippen molar-refractivity contribution in [1.82, 2.24) is 29.3 Å². The van der Waals surface area contributed by atoms with Gasteiger partial charge in [-0.25, -0.2) is 0 Å². The third-order valence-corrected chi connectivity index (χ3v) is 12.6. The summed E-state index contributed by atoms with van der Waals surface area (Å²) in [7, 11) is 6.69.